The Kier molecular flexibility index (Phi) is 10.8. The number of anilines is 2. The molecule has 0 radical (unpaired) electrons. The van der Waals surface area contributed by atoms with Crippen molar-refractivity contribution >= 4 is 48.0 Å². The Morgan fingerprint density at radius 2 is 1.50 bits per heavy atom. The fourth-order valence-corrected chi connectivity index (χ4v) is 2.94. The molecule has 2 amide bonds. The van der Waals surface area contributed by atoms with E-state index in [0.717, 1.165) is 24.2 Å². The van der Waals surface area contributed by atoms with Crippen molar-refractivity contribution in [3.8, 4) is 0 Å². The number of carbonyl (C=O) groups is 2. The summed E-state index contributed by atoms with van der Waals surface area (Å²) < 4.78 is 5.28. The van der Waals surface area contributed by atoms with E-state index in [1.54, 1.807) is 24.3 Å². The predicted molar refractivity (Wildman–Crippen MR) is 124 cm³/mol. The third-order valence-corrected chi connectivity index (χ3v) is 4.63. The van der Waals surface area contributed by atoms with Gasteiger partial charge in [-0.1, -0.05) is 29.8 Å². The van der Waals surface area contributed by atoms with Gasteiger partial charge in [-0.05, 0) is 36.8 Å². The van der Waals surface area contributed by atoms with E-state index in [4.69, 9.17) is 10.5 Å². The molecule has 4 N–H and O–H groups in total. The fraction of sp³-hybridized carbons (Fsp3) is 0.333. The van der Waals surface area contributed by atoms with Crippen LogP contribution in [0.1, 0.15) is 17.2 Å². The van der Waals surface area contributed by atoms with Crippen molar-refractivity contribution in [3.05, 3.63) is 59.7 Å². The van der Waals surface area contributed by atoms with Crippen LogP contribution < -0.4 is 16.4 Å². The molecule has 1 heterocycles. The van der Waals surface area contributed by atoms with Crippen LogP contribution in [-0.4, -0.2) is 49.6 Å². The summed E-state index contributed by atoms with van der Waals surface area (Å²) in [7, 11) is 0. The number of amides is 2. The van der Waals surface area contributed by atoms with Crippen LogP contribution in [0.3, 0.4) is 0 Å². The molecular formula is C21H28Cl2N4O3. The van der Waals surface area contributed by atoms with Gasteiger partial charge in [-0.2, -0.15) is 0 Å². The van der Waals surface area contributed by atoms with Gasteiger partial charge in [-0.25, -0.2) is 0 Å². The molecule has 30 heavy (non-hydrogen) atoms. The molecule has 1 atom stereocenters. The van der Waals surface area contributed by atoms with Crippen molar-refractivity contribution in [2.24, 2.45) is 5.73 Å². The lowest BCUT2D eigenvalue weighted by Gasteiger charge is -2.25. The summed E-state index contributed by atoms with van der Waals surface area (Å²) in [5.41, 5.74) is 9.21. The highest BCUT2D eigenvalue weighted by Crippen LogP contribution is 2.17. The van der Waals surface area contributed by atoms with Crippen LogP contribution in [0.4, 0.5) is 11.4 Å². The van der Waals surface area contributed by atoms with E-state index in [0.29, 0.717) is 31.1 Å². The Hall–Kier alpha value is -2.16. The van der Waals surface area contributed by atoms with Crippen LogP contribution in [0, 0.1) is 6.92 Å². The maximum absolute atomic E-state index is 12.4. The standard InChI is InChI=1S/C21H26N4O3.2ClH/c1-15-2-4-16(5-3-15)20(22)21(27)24-18-8-6-17(7-9-18)23-19(26)14-25-10-12-28-13-11-25;;/h2-9,20H,10-14,22H2,1H3,(H,23,26)(H,24,27);2*1H. The van der Waals surface area contributed by atoms with Crippen molar-refractivity contribution in [3.63, 3.8) is 0 Å². The monoisotopic (exact) mass is 454 g/mol. The summed E-state index contributed by atoms with van der Waals surface area (Å²) in [6, 6.07) is 13.8. The van der Waals surface area contributed by atoms with Crippen molar-refractivity contribution < 1.29 is 14.3 Å². The average Bonchev–Trinajstić information content (AvgIpc) is 2.70. The van der Waals surface area contributed by atoms with Crippen molar-refractivity contribution in [2.45, 2.75) is 13.0 Å². The summed E-state index contributed by atoms with van der Waals surface area (Å²) in [6.07, 6.45) is 0. The van der Waals surface area contributed by atoms with E-state index < -0.39 is 6.04 Å². The maximum atomic E-state index is 12.4. The molecule has 0 aromatic heterocycles. The van der Waals surface area contributed by atoms with Crippen LogP contribution in [-0.2, 0) is 14.3 Å². The minimum atomic E-state index is -0.742. The summed E-state index contributed by atoms with van der Waals surface area (Å²) in [6.45, 7) is 5.17. The molecule has 0 aliphatic carbocycles. The highest BCUT2D eigenvalue weighted by atomic mass is 35.5. The Labute approximate surface area is 189 Å². The third kappa shape index (κ3) is 7.59. The first-order chi connectivity index (χ1) is 13.5. The Bertz CT molecular complexity index is 810. The zero-order valence-corrected chi connectivity index (χ0v) is 18.4. The number of hydrogen-bond donors (Lipinski definition) is 3. The first-order valence-electron chi connectivity index (χ1n) is 9.34. The van der Waals surface area contributed by atoms with E-state index in [-0.39, 0.29) is 36.6 Å². The number of carbonyl (C=O) groups excluding carboxylic acids is 2. The van der Waals surface area contributed by atoms with Crippen molar-refractivity contribution in [1.82, 2.24) is 4.90 Å². The summed E-state index contributed by atoms with van der Waals surface area (Å²) in [5, 5.41) is 5.67. The number of hydrogen-bond acceptors (Lipinski definition) is 5. The Morgan fingerprint density at radius 1 is 0.967 bits per heavy atom. The number of halogens is 2. The zero-order chi connectivity index (χ0) is 19.9. The van der Waals surface area contributed by atoms with Crippen LogP contribution in [0.2, 0.25) is 0 Å². The van der Waals surface area contributed by atoms with Crippen LogP contribution >= 0.6 is 24.8 Å². The van der Waals surface area contributed by atoms with E-state index in [1.807, 2.05) is 31.2 Å². The molecule has 3 rings (SSSR count). The molecular weight excluding hydrogens is 427 g/mol. The van der Waals surface area contributed by atoms with E-state index in [1.165, 1.54) is 0 Å². The molecule has 1 fully saturated rings. The van der Waals surface area contributed by atoms with Gasteiger partial charge in [0.15, 0.2) is 0 Å². The fourth-order valence-electron chi connectivity index (χ4n) is 2.94. The molecule has 1 saturated heterocycles. The summed E-state index contributed by atoms with van der Waals surface area (Å²) >= 11 is 0. The van der Waals surface area contributed by atoms with E-state index in [9.17, 15) is 9.59 Å². The number of nitrogens with zero attached hydrogens (tertiary/aromatic N) is 1. The van der Waals surface area contributed by atoms with Gasteiger partial charge >= 0.3 is 0 Å². The van der Waals surface area contributed by atoms with Gasteiger partial charge in [0.1, 0.15) is 6.04 Å². The second-order valence-electron chi connectivity index (χ2n) is 6.89. The normalized spacial score (nSPS) is 14.6. The Balaban J connectivity index is 0.00000225. The third-order valence-electron chi connectivity index (χ3n) is 4.63. The lowest BCUT2D eigenvalue weighted by molar-refractivity contribution is -0.118. The van der Waals surface area contributed by atoms with Crippen molar-refractivity contribution in [2.75, 3.05) is 43.5 Å². The SMILES string of the molecule is Cc1ccc(C(N)C(=O)Nc2ccc(NC(=O)CN3CCOCC3)cc2)cc1.Cl.Cl. The molecule has 1 aliphatic heterocycles. The molecule has 0 saturated carbocycles. The highest BCUT2D eigenvalue weighted by Gasteiger charge is 2.16. The second kappa shape index (κ2) is 12.5. The summed E-state index contributed by atoms with van der Waals surface area (Å²) in [4.78, 5) is 26.5. The number of ether oxygens (including phenoxy) is 1. The number of nitrogens with two attached hydrogens (primary N) is 1. The first kappa shape index (κ1) is 25.9. The molecule has 0 bridgehead atoms. The zero-order valence-electron chi connectivity index (χ0n) is 16.8. The van der Waals surface area contributed by atoms with Gasteiger partial charge in [-0.15, -0.1) is 24.8 Å². The number of benzene rings is 2. The average molecular weight is 455 g/mol. The molecule has 1 aliphatic rings. The van der Waals surface area contributed by atoms with E-state index >= 15 is 0 Å². The van der Waals surface area contributed by atoms with Crippen LogP contribution in [0.5, 0.6) is 0 Å². The molecule has 1 unspecified atom stereocenters. The molecule has 7 nitrogen and oxygen atoms in total. The molecule has 9 heteroatoms. The van der Waals surface area contributed by atoms with Gasteiger partial charge in [0.25, 0.3) is 0 Å². The largest absolute Gasteiger partial charge is 0.379 e. The van der Waals surface area contributed by atoms with Crippen LogP contribution in [0.15, 0.2) is 48.5 Å². The molecule has 0 spiro atoms. The van der Waals surface area contributed by atoms with Gasteiger partial charge in [0.2, 0.25) is 11.8 Å². The smallest absolute Gasteiger partial charge is 0.245 e. The number of aryl methyl sites for hydroxylation is 1. The van der Waals surface area contributed by atoms with Gasteiger partial charge in [0.05, 0.1) is 19.8 Å². The van der Waals surface area contributed by atoms with Gasteiger partial charge < -0.3 is 21.1 Å². The number of morpholine rings is 1. The topological polar surface area (TPSA) is 96.7 Å². The van der Waals surface area contributed by atoms with Crippen molar-refractivity contribution in [1.29, 1.82) is 0 Å². The van der Waals surface area contributed by atoms with Gasteiger partial charge in [0, 0.05) is 24.5 Å². The van der Waals surface area contributed by atoms with E-state index in [2.05, 4.69) is 15.5 Å². The van der Waals surface area contributed by atoms with Gasteiger partial charge in [-0.3, -0.25) is 14.5 Å². The number of nitrogens with one attached hydrogen (secondary N) is 2. The quantitative estimate of drug-likeness (QED) is 0.623. The summed E-state index contributed by atoms with van der Waals surface area (Å²) in [5.74, 6) is -0.354. The molecule has 2 aromatic rings. The molecule has 164 valence electrons. The first-order valence-corrected chi connectivity index (χ1v) is 9.34. The second-order valence-corrected chi connectivity index (χ2v) is 6.89. The van der Waals surface area contributed by atoms with Crippen LogP contribution in [0.25, 0.3) is 0 Å². The predicted octanol–water partition coefficient (Wildman–Crippen LogP) is 2.75. The Morgan fingerprint density at radius 3 is 2.07 bits per heavy atom. The lowest BCUT2D eigenvalue weighted by Crippen LogP contribution is -2.41. The maximum Gasteiger partial charge on any atom is 0.245 e. The lowest BCUT2D eigenvalue weighted by atomic mass is 10.1. The molecule has 2 aromatic carbocycles. The highest BCUT2D eigenvalue weighted by molar-refractivity contribution is 5.96. The number of rotatable bonds is 6. The minimum absolute atomic E-state index is 0. The minimum Gasteiger partial charge on any atom is -0.379 e.